The molecule has 1 rings (SSSR count). The first-order valence-corrected chi connectivity index (χ1v) is 5.23. The molecule has 0 aliphatic heterocycles. The van der Waals surface area contributed by atoms with Gasteiger partial charge in [0.25, 0.3) is 0 Å². The lowest BCUT2D eigenvalue weighted by atomic mass is 10.3. The standard InChI is InChI=1S/C10H12N2OS/c1-7(13)8(2)14-10-5-3-4-9(6-11)12-10/h3-5,7-8,13H,1-2H3. The molecule has 0 saturated carbocycles. The second kappa shape index (κ2) is 4.99. The lowest BCUT2D eigenvalue weighted by molar-refractivity contribution is 0.196. The number of nitriles is 1. The molecule has 74 valence electrons. The Labute approximate surface area is 87.8 Å². The number of hydrogen-bond acceptors (Lipinski definition) is 4. The Morgan fingerprint density at radius 3 is 2.79 bits per heavy atom. The van der Waals surface area contributed by atoms with Crippen LogP contribution < -0.4 is 0 Å². The molecule has 0 spiro atoms. The van der Waals surface area contributed by atoms with Crippen LogP contribution in [0.15, 0.2) is 23.2 Å². The predicted octanol–water partition coefficient (Wildman–Crippen LogP) is 1.81. The predicted molar refractivity (Wildman–Crippen MR) is 56.0 cm³/mol. The molecule has 0 aliphatic carbocycles. The highest BCUT2D eigenvalue weighted by atomic mass is 32.2. The molecule has 1 heterocycles. The summed E-state index contributed by atoms with van der Waals surface area (Å²) in [5.74, 6) is 0. The van der Waals surface area contributed by atoms with Crippen molar-refractivity contribution < 1.29 is 5.11 Å². The zero-order valence-corrected chi connectivity index (χ0v) is 8.95. The van der Waals surface area contributed by atoms with Gasteiger partial charge < -0.3 is 5.11 Å². The monoisotopic (exact) mass is 208 g/mol. The number of hydrogen-bond donors (Lipinski definition) is 1. The van der Waals surface area contributed by atoms with E-state index in [4.69, 9.17) is 5.26 Å². The van der Waals surface area contributed by atoms with Crippen molar-refractivity contribution in [3.05, 3.63) is 23.9 Å². The van der Waals surface area contributed by atoms with Crippen LogP contribution in [0.3, 0.4) is 0 Å². The van der Waals surface area contributed by atoms with Crippen molar-refractivity contribution in [2.45, 2.75) is 30.2 Å². The number of pyridine rings is 1. The second-order valence-electron chi connectivity index (χ2n) is 3.04. The van der Waals surface area contributed by atoms with E-state index < -0.39 is 0 Å². The summed E-state index contributed by atoms with van der Waals surface area (Å²) in [6.07, 6.45) is -0.382. The van der Waals surface area contributed by atoms with Crippen LogP contribution in [-0.4, -0.2) is 21.4 Å². The summed E-state index contributed by atoms with van der Waals surface area (Å²) >= 11 is 1.47. The highest BCUT2D eigenvalue weighted by Crippen LogP contribution is 2.23. The number of nitrogens with zero attached hydrogens (tertiary/aromatic N) is 2. The van der Waals surface area contributed by atoms with Crippen molar-refractivity contribution in [3.8, 4) is 6.07 Å². The lowest BCUT2D eigenvalue weighted by Crippen LogP contribution is -2.15. The summed E-state index contributed by atoms with van der Waals surface area (Å²) in [5, 5.41) is 18.8. The summed E-state index contributed by atoms with van der Waals surface area (Å²) in [6.45, 7) is 3.67. The molecule has 1 N–H and O–H groups in total. The summed E-state index contributed by atoms with van der Waals surface area (Å²) in [5.41, 5.74) is 0.410. The third-order valence-electron chi connectivity index (χ3n) is 1.82. The van der Waals surface area contributed by atoms with Gasteiger partial charge >= 0.3 is 0 Å². The summed E-state index contributed by atoms with van der Waals surface area (Å²) in [7, 11) is 0. The zero-order valence-electron chi connectivity index (χ0n) is 8.14. The molecule has 0 amide bonds. The van der Waals surface area contributed by atoms with E-state index in [1.807, 2.05) is 19.1 Å². The van der Waals surface area contributed by atoms with E-state index in [0.717, 1.165) is 5.03 Å². The maximum Gasteiger partial charge on any atom is 0.141 e. The smallest absolute Gasteiger partial charge is 0.141 e. The van der Waals surface area contributed by atoms with Gasteiger partial charge in [-0.25, -0.2) is 4.98 Å². The van der Waals surface area contributed by atoms with Crippen LogP contribution in [0.1, 0.15) is 19.5 Å². The van der Waals surface area contributed by atoms with Crippen molar-refractivity contribution in [2.24, 2.45) is 0 Å². The van der Waals surface area contributed by atoms with Crippen molar-refractivity contribution in [3.63, 3.8) is 0 Å². The van der Waals surface area contributed by atoms with Crippen molar-refractivity contribution in [1.29, 1.82) is 5.26 Å². The molecular formula is C10H12N2OS. The largest absolute Gasteiger partial charge is 0.392 e. The molecule has 4 heteroatoms. The van der Waals surface area contributed by atoms with Crippen LogP contribution in [0.5, 0.6) is 0 Å². The lowest BCUT2D eigenvalue weighted by Gasteiger charge is -2.12. The highest BCUT2D eigenvalue weighted by molar-refractivity contribution is 7.99. The Morgan fingerprint density at radius 1 is 1.50 bits per heavy atom. The van der Waals surface area contributed by atoms with E-state index >= 15 is 0 Å². The van der Waals surface area contributed by atoms with Crippen molar-refractivity contribution >= 4 is 11.8 Å². The third-order valence-corrected chi connectivity index (χ3v) is 3.06. The summed E-state index contributed by atoms with van der Waals surface area (Å²) in [6, 6.07) is 7.28. The minimum Gasteiger partial charge on any atom is -0.392 e. The molecule has 2 atom stereocenters. The van der Waals surface area contributed by atoms with Crippen LogP contribution in [0.25, 0.3) is 0 Å². The Balaban J connectivity index is 2.73. The topological polar surface area (TPSA) is 56.9 Å². The summed E-state index contributed by atoms with van der Waals surface area (Å²) < 4.78 is 0. The minimum atomic E-state index is -0.382. The van der Waals surface area contributed by atoms with Crippen LogP contribution in [0, 0.1) is 11.3 Å². The van der Waals surface area contributed by atoms with Crippen LogP contribution >= 0.6 is 11.8 Å². The van der Waals surface area contributed by atoms with Gasteiger partial charge in [-0.15, -0.1) is 11.8 Å². The van der Waals surface area contributed by atoms with Gasteiger partial charge in [0, 0.05) is 5.25 Å². The van der Waals surface area contributed by atoms with E-state index in [9.17, 15) is 5.11 Å². The average molecular weight is 208 g/mol. The van der Waals surface area contributed by atoms with Gasteiger partial charge in [-0.3, -0.25) is 0 Å². The van der Waals surface area contributed by atoms with Crippen LogP contribution in [-0.2, 0) is 0 Å². The fourth-order valence-corrected chi connectivity index (χ4v) is 1.72. The first kappa shape index (κ1) is 11.0. The van der Waals surface area contributed by atoms with Gasteiger partial charge in [-0.1, -0.05) is 13.0 Å². The molecule has 1 aromatic heterocycles. The van der Waals surface area contributed by atoms with Gasteiger partial charge in [-0.05, 0) is 19.1 Å². The normalized spacial score (nSPS) is 14.4. The second-order valence-corrected chi connectivity index (χ2v) is 4.43. The maximum absolute atomic E-state index is 9.30. The van der Waals surface area contributed by atoms with E-state index in [2.05, 4.69) is 4.98 Å². The van der Waals surface area contributed by atoms with E-state index in [1.54, 1.807) is 19.1 Å². The van der Waals surface area contributed by atoms with Crippen molar-refractivity contribution in [2.75, 3.05) is 0 Å². The summed E-state index contributed by atoms with van der Waals surface area (Å²) in [4.78, 5) is 4.10. The highest BCUT2D eigenvalue weighted by Gasteiger charge is 2.11. The molecule has 3 nitrogen and oxygen atoms in total. The molecule has 0 bridgehead atoms. The molecule has 0 aliphatic rings. The van der Waals surface area contributed by atoms with Gasteiger partial charge in [0.1, 0.15) is 11.8 Å². The Morgan fingerprint density at radius 2 is 2.21 bits per heavy atom. The van der Waals surface area contributed by atoms with E-state index in [-0.39, 0.29) is 11.4 Å². The first-order chi connectivity index (χ1) is 6.63. The van der Waals surface area contributed by atoms with Gasteiger partial charge in [0.15, 0.2) is 0 Å². The molecule has 14 heavy (non-hydrogen) atoms. The quantitative estimate of drug-likeness (QED) is 0.770. The Kier molecular flexibility index (Phi) is 3.93. The molecule has 0 saturated heterocycles. The maximum atomic E-state index is 9.30. The molecular weight excluding hydrogens is 196 g/mol. The number of aromatic nitrogens is 1. The van der Waals surface area contributed by atoms with Gasteiger partial charge in [0.05, 0.1) is 11.1 Å². The molecule has 0 fully saturated rings. The zero-order chi connectivity index (χ0) is 10.6. The number of aliphatic hydroxyl groups is 1. The Bertz CT molecular complexity index is 346. The first-order valence-electron chi connectivity index (χ1n) is 4.35. The van der Waals surface area contributed by atoms with Crippen LogP contribution in [0.4, 0.5) is 0 Å². The molecule has 1 aromatic rings. The number of thioether (sulfide) groups is 1. The fourth-order valence-electron chi connectivity index (χ4n) is 0.832. The fraction of sp³-hybridized carbons (Fsp3) is 0.400. The van der Waals surface area contributed by atoms with Gasteiger partial charge in [0.2, 0.25) is 0 Å². The minimum absolute atomic E-state index is 0.0800. The number of aliphatic hydroxyl groups excluding tert-OH is 1. The van der Waals surface area contributed by atoms with E-state index in [0.29, 0.717) is 5.69 Å². The molecule has 0 radical (unpaired) electrons. The number of rotatable bonds is 3. The Hall–Kier alpha value is -1.05. The van der Waals surface area contributed by atoms with Crippen molar-refractivity contribution in [1.82, 2.24) is 4.98 Å². The average Bonchev–Trinajstić information content (AvgIpc) is 2.18. The SMILES string of the molecule is CC(O)C(C)Sc1cccc(C#N)n1. The molecule has 0 aromatic carbocycles. The molecule has 2 unspecified atom stereocenters. The van der Waals surface area contributed by atoms with Gasteiger partial charge in [-0.2, -0.15) is 5.26 Å². The van der Waals surface area contributed by atoms with E-state index in [1.165, 1.54) is 11.8 Å². The van der Waals surface area contributed by atoms with Crippen LogP contribution in [0.2, 0.25) is 0 Å². The third kappa shape index (κ3) is 3.02.